The van der Waals surface area contributed by atoms with Crippen LogP contribution in [-0.4, -0.2) is 47.6 Å². The summed E-state index contributed by atoms with van der Waals surface area (Å²) in [5, 5.41) is 22.6. The molecule has 0 saturated heterocycles. The van der Waals surface area contributed by atoms with Gasteiger partial charge >= 0.3 is 12.1 Å². The van der Waals surface area contributed by atoms with Gasteiger partial charge in [0, 0.05) is 12.2 Å². The number of carbonyl (C=O) groups excluding carboxylic acids is 2. The third-order valence-corrected chi connectivity index (χ3v) is 2.96. The van der Waals surface area contributed by atoms with E-state index in [0.29, 0.717) is 0 Å². The Morgan fingerprint density at radius 3 is 2.42 bits per heavy atom. The molecule has 8 nitrogen and oxygen atoms in total. The topological polar surface area (TPSA) is 131 Å². The van der Waals surface area contributed by atoms with E-state index in [9.17, 15) is 19.8 Å². The molecule has 2 unspecified atom stereocenters. The smallest absolute Gasteiger partial charge is 0.407 e. The number of amides is 1. The summed E-state index contributed by atoms with van der Waals surface area (Å²) in [6.45, 7) is 4.88. The third kappa shape index (κ3) is 6.05. The molecule has 1 rings (SSSR count). The molecule has 5 N–H and O–H groups in total. The molecule has 0 fully saturated rings. The van der Waals surface area contributed by atoms with Crippen LogP contribution in [0.3, 0.4) is 0 Å². The van der Waals surface area contributed by atoms with Crippen LogP contribution in [-0.2, 0) is 9.47 Å². The molecule has 0 radical (unpaired) electrons. The van der Waals surface area contributed by atoms with Gasteiger partial charge in [-0.05, 0) is 44.5 Å². The van der Waals surface area contributed by atoms with Crippen LogP contribution in [0.25, 0.3) is 0 Å². The summed E-state index contributed by atoms with van der Waals surface area (Å²) in [5.41, 5.74) is 5.64. The van der Waals surface area contributed by atoms with Crippen molar-refractivity contribution in [2.45, 2.75) is 38.6 Å². The second-order valence-corrected chi connectivity index (χ2v) is 6.27. The van der Waals surface area contributed by atoms with Crippen LogP contribution in [0.4, 0.5) is 10.5 Å². The van der Waals surface area contributed by atoms with Crippen molar-refractivity contribution >= 4 is 17.7 Å². The fourth-order valence-electron chi connectivity index (χ4n) is 1.92. The number of hydrogen-bond donors (Lipinski definition) is 4. The van der Waals surface area contributed by atoms with Gasteiger partial charge in [0.1, 0.15) is 17.8 Å². The minimum Gasteiger partial charge on any atom is -0.465 e. The number of alkyl carbamates (subject to hydrolysis) is 1. The van der Waals surface area contributed by atoms with E-state index < -0.39 is 29.9 Å². The molecule has 0 saturated carbocycles. The van der Waals surface area contributed by atoms with Crippen LogP contribution in [0, 0.1) is 0 Å². The summed E-state index contributed by atoms with van der Waals surface area (Å²) in [4.78, 5) is 23.1. The van der Waals surface area contributed by atoms with Crippen LogP contribution in [0.5, 0.6) is 0 Å². The number of anilines is 1. The van der Waals surface area contributed by atoms with Gasteiger partial charge in [0.2, 0.25) is 0 Å². The Morgan fingerprint density at radius 1 is 1.25 bits per heavy atom. The third-order valence-electron chi connectivity index (χ3n) is 2.96. The van der Waals surface area contributed by atoms with E-state index in [1.54, 1.807) is 20.8 Å². The van der Waals surface area contributed by atoms with E-state index in [-0.39, 0.29) is 23.4 Å². The van der Waals surface area contributed by atoms with Gasteiger partial charge in [0.05, 0.1) is 12.7 Å². The predicted octanol–water partition coefficient (Wildman–Crippen LogP) is 0.974. The van der Waals surface area contributed by atoms with E-state index in [1.165, 1.54) is 25.3 Å². The number of rotatable bonds is 5. The second-order valence-electron chi connectivity index (χ2n) is 6.27. The number of carbonyl (C=O) groups is 2. The molecule has 0 aromatic heterocycles. The highest BCUT2D eigenvalue weighted by Gasteiger charge is 2.23. The van der Waals surface area contributed by atoms with E-state index in [1.807, 2.05) is 0 Å². The van der Waals surface area contributed by atoms with Gasteiger partial charge < -0.3 is 30.7 Å². The van der Waals surface area contributed by atoms with Gasteiger partial charge in [-0.3, -0.25) is 0 Å². The van der Waals surface area contributed by atoms with Gasteiger partial charge in [-0.2, -0.15) is 0 Å². The van der Waals surface area contributed by atoms with Crippen LogP contribution < -0.4 is 11.1 Å². The molecule has 0 aliphatic heterocycles. The fraction of sp³-hybridized carbons (Fsp3) is 0.500. The van der Waals surface area contributed by atoms with E-state index in [4.69, 9.17) is 10.5 Å². The zero-order valence-corrected chi connectivity index (χ0v) is 14.2. The normalized spacial score (nSPS) is 13.8. The number of ether oxygens (including phenoxy) is 2. The first-order chi connectivity index (χ1) is 11.0. The molecule has 0 spiro atoms. The number of nitrogens with two attached hydrogens (primary N) is 1. The number of hydrogen-bond acceptors (Lipinski definition) is 7. The monoisotopic (exact) mass is 340 g/mol. The van der Waals surface area contributed by atoms with Crippen molar-refractivity contribution in [1.29, 1.82) is 0 Å². The van der Waals surface area contributed by atoms with E-state index >= 15 is 0 Å². The molecule has 0 aliphatic rings. The van der Waals surface area contributed by atoms with Crippen molar-refractivity contribution in [1.82, 2.24) is 5.32 Å². The highest BCUT2D eigenvalue weighted by Crippen LogP contribution is 2.22. The van der Waals surface area contributed by atoms with Crippen LogP contribution in [0.15, 0.2) is 18.2 Å². The van der Waals surface area contributed by atoms with Crippen LogP contribution in [0.2, 0.25) is 0 Å². The molecular weight excluding hydrogens is 316 g/mol. The van der Waals surface area contributed by atoms with Crippen molar-refractivity contribution in [2.75, 3.05) is 19.4 Å². The highest BCUT2D eigenvalue weighted by atomic mass is 16.6. The number of esters is 1. The predicted molar refractivity (Wildman–Crippen MR) is 87.4 cm³/mol. The first-order valence-electron chi connectivity index (χ1n) is 7.35. The summed E-state index contributed by atoms with van der Waals surface area (Å²) < 4.78 is 9.63. The molecule has 0 bridgehead atoms. The number of benzene rings is 1. The number of aliphatic hydroxyl groups is 2. The van der Waals surface area contributed by atoms with Crippen molar-refractivity contribution in [3.8, 4) is 0 Å². The Hall–Kier alpha value is -2.32. The quantitative estimate of drug-likeness (QED) is 0.464. The van der Waals surface area contributed by atoms with Crippen molar-refractivity contribution in [3.63, 3.8) is 0 Å². The molecule has 134 valence electrons. The van der Waals surface area contributed by atoms with E-state index in [0.717, 1.165) is 0 Å². The first-order valence-corrected chi connectivity index (χ1v) is 7.35. The van der Waals surface area contributed by atoms with Crippen molar-refractivity contribution in [3.05, 3.63) is 29.3 Å². The van der Waals surface area contributed by atoms with Gasteiger partial charge in [-0.1, -0.05) is 0 Å². The molecule has 1 aromatic carbocycles. The average Bonchev–Trinajstić information content (AvgIpc) is 2.48. The summed E-state index contributed by atoms with van der Waals surface area (Å²) in [6, 6.07) is 4.19. The summed E-state index contributed by atoms with van der Waals surface area (Å²) >= 11 is 0. The molecular formula is C16H24N2O6. The molecule has 2 atom stereocenters. The molecule has 8 heteroatoms. The standard InChI is InChI=1S/C16H24N2O6/c1-16(2,3)24-15(22)18-8-12(19)13(20)9-5-10(14(21)23-4)7-11(17)6-9/h5-7,12-13,19-20H,8,17H2,1-4H3,(H,18,22). The summed E-state index contributed by atoms with van der Waals surface area (Å²) in [7, 11) is 1.22. The molecule has 0 heterocycles. The zero-order valence-electron chi connectivity index (χ0n) is 14.2. The fourth-order valence-corrected chi connectivity index (χ4v) is 1.92. The van der Waals surface area contributed by atoms with Crippen molar-refractivity contribution < 1.29 is 29.3 Å². The summed E-state index contributed by atoms with van der Waals surface area (Å²) in [5.74, 6) is -0.614. The summed E-state index contributed by atoms with van der Waals surface area (Å²) in [6.07, 6.45) is -3.38. The molecule has 24 heavy (non-hydrogen) atoms. The minimum absolute atomic E-state index is 0.152. The molecule has 1 amide bonds. The zero-order chi connectivity index (χ0) is 18.5. The van der Waals surface area contributed by atoms with Crippen molar-refractivity contribution in [2.24, 2.45) is 0 Å². The van der Waals surface area contributed by atoms with Crippen LogP contribution in [0.1, 0.15) is 42.8 Å². The maximum Gasteiger partial charge on any atom is 0.407 e. The van der Waals surface area contributed by atoms with Gasteiger partial charge in [-0.15, -0.1) is 0 Å². The Morgan fingerprint density at radius 2 is 1.88 bits per heavy atom. The number of aliphatic hydroxyl groups excluding tert-OH is 2. The highest BCUT2D eigenvalue weighted by molar-refractivity contribution is 5.90. The Labute approximate surface area is 140 Å². The number of nitrogens with one attached hydrogen (secondary N) is 1. The molecule has 1 aromatic rings. The lowest BCUT2D eigenvalue weighted by Crippen LogP contribution is -2.38. The maximum absolute atomic E-state index is 11.6. The Balaban J connectivity index is 2.75. The lowest BCUT2D eigenvalue weighted by Gasteiger charge is -2.22. The largest absolute Gasteiger partial charge is 0.465 e. The average molecular weight is 340 g/mol. The molecule has 0 aliphatic carbocycles. The van der Waals surface area contributed by atoms with Gasteiger partial charge in [0.15, 0.2) is 0 Å². The maximum atomic E-state index is 11.6. The number of nitrogen functional groups attached to an aromatic ring is 1. The van der Waals surface area contributed by atoms with Gasteiger partial charge in [-0.25, -0.2) is 9.59 Å². The van der Waals surface area contributed by atoms with E-state index in [2.05, 4.69) is 10.1 Å². The lowest BCUT2D eigenvalue weighted by molar-refractivity contribution is 0.0129. The SMILES string of the molecule is COC(=O)c1cc(N)cc(C(O)C(O)CNC(=O)OC(C)(C)C)c1. The Kier molecular flexibility index (Phi) is 6.56. The number of methoxy groups -OCH3 is 1. The Bertz CT molecular complexity index is 597. The first kappa shape index (κ1) is 19.7. The lowest BCUT2D eigenvalue weighted by atomic mass is 10.0. The second kappa shape index (κ2) is 7.98. The van der Waals surface area contributed by atoms with Gasteiger partial charge in [0.25, 0.3) is 0 Å². The van der Waals surface area contributed by atoms with Crippen LogP contribution >= 0.6 is 0 Å². The minimum atomic E-state index is -1.35.